The molecule has 0 saturated heterocycles. The molecule has 76 valence electrons. The largest absolute Gasteiger partial charge is 0.494 e. The fourth-order valence-corrected chi connectivity index (χ4v) is 1.08. The molecule has 0 aliphatic carbocycles. The maximum atomic E-state index is 12.2. The molecule has 0 bridgehead atoms. The molecule has 1 rings (SSSR count). The smallest absolute Gasteiger partial charge is 0.416 e. The zero-order valence-electron chi connectivity index (χ0n) is 7.13. The number of ether oxygens (including phenoxy) is 1. The zero-order chi connectivity index (χ0) is 10.8. The molecule has 0 aliphatic heterocycles. The van der Waals surface area contributed by atoms with E-state index in [1.54, 1.807) is 0 Å². The van der Waals surface area contributed by atoms with Crippen LogP contribution in [-0.4, -0.2) is 7.11 Å². The van der Waals surface area contributed by atoms with E-state index in [1.165, 1.54) is 13.2 Å². The minimum absolute atomic E-state index is 0.0114. The second-order valence-electron chi connectivity index (χ2n) is 2.48. The first-order valence-electron chi connectivity index (χ1n) is 3.57. The van der Waals surface area contributed by atoms with Crippen molar-refractivity contribution in [2.24, 2.45) is 4.36 Å². The molecule has 0 aliphatic rings. The summed E-state index contributed by atoms with van der Waals surface area (Å²) in [7, 11) is 1.34. The van der Waals surface area contributed by atoms with E-state index >= 15 is 0 Å². The fourth-order valence-electron chi connectivity index (χ4n) is 0.938. The number of hydrogen-bond acceptors (Lipinski definition) is 3. The quantitative estimate of drug-likeness (QED) is 0.765. The molecule has 0 spiro atoms. The van der Waals surface area contributed by atoms with Gasteiger partial charge in [-0.25, -0.2) is 0 Å². The van der Waals surface area contributed by atoms with Crippen molar-refractivity contribution in [3.63, 3.8) is 0 Å². The van der Waals surface area contributed by atoms with Crippen molar-refractivity contribution in [2.75, 3.05) is 7.11 Å². The molecule has 0 unspecified atom stereocenters. The zero-order valence-corrected chi connectivity index (χ0v) is 7.95. The normalized spacial score (nSPS) is 11.1. The van der Waals surface area contributed by atoms with Gasteiger partial charge in [0.05, 0.1) is 12.7 Å². The first kappa shape index (κ1) is 10.9. The van der Waals surface area contributed by atoms with Gasteiger partial charge in [0.15, 0.2) is 0 Å². The number of hydrogen-bond donors (Lipinski definition) is 0. The number of nitrogens with zero attached hydrogens (tertiary/aromatic N) is 1. The van der Waals surface area contributed by atoms with Crippen molar-refractivity contribution in [3.05, 3.63) is 23.8 Å². The summed E-state index contributed by atoms with van der Waals surface area (Å²) in [5.41, 5.74) is -0.778. The maximum absolute atomic E-state index is 12.2. The van der Waals surface area contributed by atoms with Gasteiger partial charge in [-0.1, -0.05) is 0 Å². The Balaban J connectivity index is 3.21. The lowest BCUT2D eigenvalue weighted by molar-refractivity contribution is -0.137. The lowest BCUT2D eigenvalue weighted by atomic mass is 10.2. The van der Waals surface area contributed by atoms with E-state index in [9.17, 15) is 13.2 Å². The Hall–Kier alpha value is -1.17. The Morgan fingerprint density at radius 2 is 2.00 bits per heavy atom. The lowest BCUT2D eigenvalue weighted by Crippen LogP contribution is -2.04. The van der Waals surface area contributed by atoms with Crippen LogP contribution < -0.4 is 4.74 Å². The van der Waals surface area contributed by atoms with E-state index in [0.717, 1.165) is 12.1 Å². The molecule has 6 heteroatoms. The van der Waals surface area contributed by atoms with Crippen molar-refractivity contribution in [3.8, 4) is 5.75 Å². The van der Waals surface area contributed by atoms with E-state index in [2.05, 4.69) is 16.8 Å². The molecule has 0 radical (unpaired) electrons. The third-order valence-corrected chi connectivity index (χ3v) is 1.80. The van der Waals surface area contributed by atoms with Gasteiger partial charge in [0.1, 0.15) is 11.4 Å². The number of alkyl halides is 3. The second-order valence-corrected chi connectivity index (χ2v) is 2.66. The number of halogens is 3. The molecule has 0 N–H and O–H groups in total. The molecule has 0 heterocycles. The molecule has 0 fully saturated rings. The highest BCUT2D eigenvalue weighted by Crippen LogP contribution is 2.35. The Bertz CT molecular complexity index is 351. The van der Waals surface area contributed by atoms with Crippen LogP contribution in [0, 0.1) is 0 Å². The maximum Gasteiger partial charge on any atom is 0.416 e. The molecule has 0 amide bonds. The Labute approximate surface area is 83.9 Å². The second kappa shape index (κ2) is 3.91. The fraction of sp³-hybridized carbons (Fsp3) is 0.250. The third-order valence-electron chi connectivity index (χ3n) is 1.60. The van der Waals surface area contributed by atoms with Crippen LogP contribution in [0.15, 0.2) is 22.6 Å². The van der Waals surface area contributed by atoms with E-state index in [0.29, 0.717) is 0 Å². The van der Waals surface area contributed by atoms with Crippen LogP contribution in [0.1, 0.15) is 5.56 Å². The van der Waals surface area contributed by atoms with Crippen LogP contribution in [0.2, 0.25) is 0 Å². The summed E-state index contributed by atoms with van der Waals surface area (Å²) in [5.74, 6) is 0.230. The number of benzene rings is 1. The third kappa shape index (κ3) is 2.20. The first-order chi connectivity index (χ1) is 6.49. The number of rotatable bonds is 2. The van der Waals surface area contributed by atoms with Crippen LogP contribution in [-0.2, 0) is 18.6 Å². The first-order valence-corrected chi connectivity index (χ1v) is 3.94. The average molecular weight is 221 g/mol. The van der Waals surface area contributed by atoms with Gasteiger partial charge in [-0.2, -0.15) is 17.5 Å². The molecule has 0 aromatic heterocycles. The van der Waals surface area contributed by atoms with Gasteiger partial charge in [-0.15, -0.1) is 0 Å². The predicted octanol–water partition coefficient (Wildman–Crippen LogP) is 3.08. The molecule has 1 aromatic carbocycles. The SMILES string of the molecule is COc1ccc(C(F)(F)F)cc1N=S. The van der Waals surface area contributed by atoms with Gasteiger partial charge in [0, 0.05) is 12.4 Å². The lowest BCUT2D eigenvalue weighted by Gasteiger charge is -2.08. The molecule has 14 heavy (non-hydrogen) atoms. The molecular weight excluding hydrogens is 215 g/mol. The molecule has 1 aromatic rings. The van der Waals surface area contributed by atoms with E-state index in [1.807, 2.05) is 0 Å². The molecular formula is C8H6F3NOS. The van der Waals surface area contributed by atoms with Gasteiger partial charge < -0.3 is 4.74 Å². The highest BCUT2D eigenvalue weighted by molar-refractivity contribution is 7.47. The Morgan fingerprint density at radius 3 is 2.43 bits per heavy atom. The van der Waals surface area contributed by atoms with Crippen molar-refractivity contribution >= 4 is 18.1 Å². The highest BCUT2D eigenvalue weighted by Gasteiger charge is 2.31. The van der Waals surface area contributed by atoms with E-state index in [-0.39, 0.29) is 11.4 Å². The van der Waals surface area contributed by atoms with Crippen LogP contribution in [0.5, 0.6) is 5.75 Å². The van der Waals surface area contributed by atoms with Crippen LogP contribution in [0.4, 0.5) is 18.9 Å². The number of methoxy groups -OCH3 is 1. The summed E-state index contributed by atoms with van der Waals surface area (Å²) in [6.45, 7) is 0. The van der Waals surface area contributed by atoms with Crippen LogP contribution in [0.25, 0.3) is 0 Å². The van der Waals surface area contributed by atoms with Gasteiger partial charge in [0.25, 0.3) is 0 Å². The highest BCUT2D eigenvalue weighted by atomic mass is 32.1. The minimum Gasteiger partial charge on any atom is -0.494 e. The summed E-state index contributed by atoms with van der Waals surface area (Å²) in [4.78, 5) is 0. The Morgan fingerprint density at radius 1 is 1.36 bits per heavy atom. The molecule has 0 saturated carbocycles. The summed E-state index contributed by atoms with van der Waals surface area (Å²) in [6, 6.07) is 2.96. The van der Waals surface area contributed by atoms with E-state index in [4.69, 9.17) is 4.74 Å². The van der Waals surface area contributed by atoms with Crippen molar-refractivity contribution in [1.29, 1.82) is 0 Å². The molecule has 0 atom stereocenters. The van der Waals surface area contributed by atoms with Crippen LogP contribution in [0.3, 0.4) is 0 Å². The summed E-state index contributed by atoms with van der Waals surface area (Å²) in [5, 5.41) is 0. The van der Waals surface area contributed by atoms with Gasteiger partial charge >= 0.3 is 6.18 Å². The van der Waals surface area contributed by atoms with Gasteiger partial charge in [-0.05, 0) is 18.2 Å². The van der Waals surface area contributed by atoms with Crippen molar-refractivity contribution < 1.29 is 17.9 Å². The summed E-state index contributed by atoms with van der Waals surface area (Å²) in [6.07, 6.45) is -4.39. The minimum atomic E-state index is -4.39. The summed E-state index contributed by atoms with van der Waals surface area (Å²) >= 11 is 4.33. The Kier molecular flexibility index (Phi) is 3.05. The standard InChI is InChI=1S/C8H6F3NOS/c1-13-7-3-2-5(8(9,10)11)4-6(7)12-14/h2-4H,1H3. The van der Waals surface area contributed by atoms with Gasteiger partial charge in [0.2, 0.25) is 0 Å². The van der Waals surface area contributed by atoms with E-state index < -0.39 is 11.7 Å². The topological polar surface area (TPSA) is 21.6 Å². The van der Waals surface area contributed by atoms with Crippen LogP contribution >= 0.6 is 0 Å². The molecule has 2 nitrogen and oxygen atoms in total. The van der Waals surface area contributed by atoms with Crippen molar-refractivity contribution in [1.82, 2.24) is 0 Å². The van der Waals surface area contributed by atoms with Gasteiger partial charge in [-0.3, -0.25) is 0 Å². The average Bonchev–Trinajstić information content (AvgIpc) is 2.15. The van der Waals surface area contributed by atoms with Crippen molar-refractivity contribution in [2.45, 2.75) is 6.18 Å². The monoisotopic (exact) mass is 221 g/mol. The summed E-state index contributed by atoms with van der Waals surface area (Å²) < 4.78 is 44.7. The predicted molar refractivity (Wildman–Crippen MR) is 47.4 cm³/mol.